The van der Waals surface area contributed by atoms with Crippen molar-refractivity contribution in [2.24, 2.45) is 0 Å². The van der Waals surface area contributed by atoms with E-state index in [9.17, 15) is 10.1 Å². The van der Waals surface area contributed by atoms with Crippen molar-refractivity contribution in [3.8, 4) is 0 Å². The van der Waals surface area contributed by atoms with Gasteiger partial charge in [0.2, 0.25) is 0 Å². The first kappa shape index (κ1) is 12.0. The number of benzene rings is 1. The van der Waals surface area contributed by atoms with Gasteiger partial charge in [-0.1, -0.05) is 22.9 Å². The van der Waals surface area contributed by atoms with Crippen LogP contribution >= 0.6 is 15.9 Å². The van der Waals surface area contributed by atoms with E-state index in [-0.39, 0.29) is 15.4 Å². The number of alkyl halides is 1. The minimum atomic E-state index is -0.325. The average molecular weight is 295 g/mol. The Labute approximate surface area is 107 Å². The number of nitro benzene ring substituents is 1. The lowest BCUT2D eigenvalue weighted by Crippen LogP contribution is -2.02. The molecule has 1 unspecified atom stereocenters. The molecule has 1 heterocycles. The standard InChI is InChI=1S/C12H11BrN2O2/c1-8(13)7-9-4-5-11-10(3-2-6-14-11)12(9)15(16)17/h2-6,8H,7H2,1H3. The minimum Gasteiger partial charge on any atom is -0.258 e. The molecule has 0 aliphatic rings. The second-order valence-electron chi connectivity index (χ2n) is 3.89. The van der Waals surface area contributed by atoms with E-state index in [1.165, 1.54) is 0 Å². The molecule has 2 rings (SSSR count). The fraction of sp³-hybridized carbons (Fsp3) is 0.250. The monoisotopic (exact) mass is 294 g/mol. The molecule has 4 nitrogen and oxygen atoms in total. The number of fused-ring (bicyclic) bond motifs is 1. The molecular weight excluding hydrogens is 284 g/mol. The third kappa shape index (κ3) is 2.44. The molecule has 1 aromatic carbocycles. The Balaban J connectivity index is 2.68. The van der Waals surface area contributed by atoms with Crippen LogP contribution in [0.1, 0.15) is 12.5 Å². The molecule has 0 radical (unpaired) electrons. The van der Waals surface area contributed by atoms with Gasteiger partial charge in [-0.3, -0.25) is 15.1 Å². The van der Waals surface area contributed by atoms with Crippen molar-refractivity contribution in [3.63, 3.8) is 0 Å². The van der Waals surface area contributed by atoms with Crippen LogP contribution < -0.4 is 0 Å². The molecule has 0 bridgehead atoms. The maximum absolute atomic E-state index is 11.2. The molecule has 5 heteroatoms. The van der Waals surface area contributed by atoms with Crippen LogP contribution in [0.25, 0.3) is 10.9 Å². The Morgan fingerprint density at radius 2 is 2.24 bits per heavy atom. The number of rotatable bonds is 3. The van der Waals surface area contributed by atoms with Crippen molar-refractivity contribution in [1.82, 2.24) is 4.98 Å². The molecule has 88 valence electrons. The summed E-state index contributed by atoms with van der Waals surface area (Å²) in [5, 5.41) is 11.8. The number of nitrogens with zero attached hydrogens (tertiary/aromatic N) is 2. The van der Waals surface area contributed by atoms with Gasteiger partial charge < -0.3 is 0 Å². The number of hydrogen-bond acceptors (Lipinski definition) is 3. The zero-order chi connectivity index (χ0) is 12.4. The maximum atomic E-state index is 11.2. The lowest BCUT2D eigenvalue weighted by atomic mass is 10.0. The first-order chi connectivity index (χ1) is 8.09. The molecule has 17 heavy (non-hydrogen) atoms. The van der Waals surface area contributed by atoms with Gasteiger partial charge in [0.05, 0.1) is 15.8 Å². The molecular formula is C12H11BrN2O2. The normalized spacial score (nSPS) is 12.6. The van der Waals surface area contributed by atoms with Crippen LogP contribution in [0.15, 0.2) is 30.5 Å². The number of hydrogen-bond donors (Lipinski definition) is 0. The molecule has 0 amide bonds. The molecule has 0 saturated heterocycles. The van der Waals surface area contributed by atoms with E-state index in [1.54, 1.807) is 24.4 Å². The Morgan fingerprint density at radius 3 is 2.88 bits per heavy atom. The third-order valence-electron chi connectivity index (χ3n) is 2.52. The molecule has 0 N–H and O–H groups in total. The fourth-order valence-electron chi connectivity index (χ4n) is 1.87. The molecule has 0 fully saturated rings. The van der Waals surface area contributed by atoms with Gasteiger partial charge in [0, 0.05) is 16.6 Å². The van der Waals surface area contributed by atoms with Gasteiger partial charge in [-0.2, -0.15) is 0 Å². The molecule has 0 aliphatic heterocycles. The van der Waals surface area contributed by atoms with Crippen molar-refractivity contribution in [2.75, 3.05) is 0 Å². The quantitative estimate of drug-likeness (QED) is 0.495. The summed E-state index contributed by atoms with van der Waals surface area (Å²) < 4.78 is 0. The molecule has 0 spiro atoms. The predicted molar refractivity (Wildman–Crippen MR) is 70.5 cm³/mol. The van der Waals surface area contributed by atoms with Crippen molar-refractivity contribution in [2.45, 2.75) is 18.2 Å². The summed E-state index contributed by atoms with van der Waals surface area (Å²) in [7, 11) is 0. The fourth-order valence-corrected chi connectivity index (χ4v) is 2.21. The molecule has 0 aliphatic carbocycles. The van der Waals surface area contributed by atoms with Gasteiger partial charge in [-0.15, -0.1) is 0 Å². The summed E-state index contributed by atoms with van der Waals surface area (Å²) in [6, 6.07) is 7.07. The highest BCUT2D eigenvalue weighted by Gasteiger charge is 2.19. The van der Waals surface area contributed by atoms with Gasteiger partial charge >= 0.3 is 0 Å². The van der Waals surface area contributed by atoms with E-state index < -0.39 is 0 Å². The first-order valence-electron chi connectivity index (χ1n) is 5.24. The summed E-state index contributed by atoms with van der Waals surface area (Å²) in [5.74, 6) is 0. The first-order valence-corrected chi connectivity index (χ1v) is 6.16. The molecule has 1 atom stereocenters. The summed E-state index contributed by atoms with van der Waals surface area (Å²) in [6.45, 7) is 1.97. The topological polar surface area (TPSA) is 56.0 Å². The Morgan fingerprint density at radius 1 is 1.47 bits per heavy atom. The second kappa shape index (κ2) is 4.79. The van der Waals surface area contributed by atoms with Gasteiger partial charge in [-0.25, -0.2) is 0 Å². The maximum Gasteiger partial charge on any atom is 0.281 e. The van der Waals surface area contributed by atoms with Crippen molar-refractivity contribution in [1.29, 1.82) is 0 Å². The van der Waals surface area contributed by atoms with Crippen molar-refractivity contribution < 1.29 is 4.92 Å². The number of aromatic nitrogens is 1. The Hall–Kier alpha value is -1.49. The van der Waals surface area contributed by atoms with E-state index in [1.807, 2.05) is 13.0 Å². The smallest absolute Gasteiger partial charge is 0.258 e. The van der Waals surface area contributed by atoms with Crippen LogP contribution in [-0.4, -0.2) is 14.7 Å². The van der Waals surface area contributed by atoms with Crippen LogP contribution in [0.4, 0.5) is 5.69 Å². The minimum absolute atomic E-state index is 0.168. The van der Waals surface area contributed by atoms with Crippen molar-refractivity contribution >= 4 is 32.5 Å². The lowest BCUT2D eigenvalue weighted by Gasteiger charge is -2.07. The Bertz CT molecular complexity index is 569. The third-order valence-corrected chi connectivity index (χ3v) is 2.85. The molecule has 1 aromatic heterocycles. The van der Waals surface area contributed by atoms with E-state index in [4.69, 9.17) is 0 Å². The largest absolute Gasteiger partial charge is 0.281 e. The van der Waals surface area contributed by atoms with Gasteiger partial charge in [-0.05, 0) is 30.7 Å². The van der Waals surface area contributed by atoms with Gasteiger partial charge in [0.25, 0.3) is 5.69 Å². The Kier molecular flexibility index (Phi) is 3.38. The summed E-state index contributed by atoms with van der Waals surface area (Å²) >= 11 is 3.42. The van der Waals surface area contributed by atoms with Crippen LogP contribution in [0.2, 0.25) is 0 Å². The van der Waals surface area contributed by atoms with Crippen molar-refractivity contribution in [3.05, 3.63) is 46.1 Å². The SMILES string of the molecule is CC(Br)Cc1ccc2ncccc2c1[N+](=O)[O-]. The molecule has 0 saturated carbocycles. The number of halogens is 1. The van der Waals surface area contributed by atoms with E-state index in [0.717, 1.165) is 5.56 Å². The van der Waals surface area contributed by atoms with E-state index in [0.29, 0.717) is 17.3 Å². The average Bonchev–Trinajstić information content (AvgIpc) is 2.27. The summed E-state index contributed by atoms with van der Waals surface area (Å²) in [6.07, 6.45) is 2.26. The lowest BCUT2D eigenvalue weighted by molar-refractivity contribution is -0.383. The summed E-state index contributed by atoms with van der Waals surface area (Å²) in [4.78, 5) is 15.2. The van der Waals surface area contributed by atoms with Gasteiger partial charge in [0.15, 0.2) is 0 Å². The van der Waals surface area contributed by atoms with Crippen LogP contribution in [0.3, 0.4) is 0 Å². The highest BCUT2D eigenvalue weighted by Crippen LogP contribution is 2.30. The zero-order valence-electron chi connectivity index (χ0n) is 9.26. The zero-order valence-corrected chi connectivity index (χ0v) is 10.8. The molecule has 2 aromatic rings. The predicted octanol–water partition coefficient (Wildman–Crippen LogP) is 3.47. The van der Waals surface area contributed by atoms with Gasteiger partial charge in [0.1, 0.15) is 0 Å². The highest BCUT2D eigenvalue weighted by atomic mass is 79.9. The van der Waals surface area contributed by atoms with E-state index >= 15 is 0 Å². The summed E-state index contributed by atoms with van der Waals surface area (Å²) in [5.41, 5.74) is 1.56. The van der Waals surface area contributed by atoms with E-state index in [2.05, 4.69) is 20.9 Å². The number of nitro groups is 1. The highest BCUT2D eigenvalue weighted by molar-refractivity contribution is 9.09. The van der Waals surface area contributed by atoms with Crippen LogP contribution in [0, 0.1) is 10.1 Å². The van der Waals surface area contributed by atoms with Crippen LogP contribution in [-0.2, 0) is 6.42 Å². The second-order valence-corrected chi connectivity index (χ2v) is 5.45. The number of pyridine rings is 1. The van der Waals surface area contributed by atoms with Crippen LogP contribution in [0.5, 0.6) is 0 Å².